The van der Waals surface area contributed by atoms with Crippen molar-refractivity contribution >= 4 is 45.0 Å². The van der Waals surface area contributed by atoms with Crippen molar-refractivity contribution < 1.29 is 0 Å². The Labute approximate surface area is 123 Å². The van der Waals surface area contributed by atoms with Crippen molar-refractivity contribution in [2.75, 3.05) is 0 Å². The van der Waals surface area contributed by atoms with Crippen LogP contribution in [0.5, 0.6) is 0 Å². The van der Waals surface area contributed by atoms with Crippen molar-refractivity contribution in [2.24, 2.45) is 0 Å². The van der Waals surface area contributed by atoms with Gasteiger partial charge in [0.2, 0.25) is 0 Å². The van der Waals surface area contributed by atoms with Gasteiger partial charge in [-0.3, -0.25) is 4.79 Å². The van der Waals surface area contributed by atoms with Gasteiger partial charge in [0, 0.05) is 20.2 Å². The van der Waals surface area contributed by atoms with Crippen LogP contribution in [0.4, 0.5) is 0 Å². The van der Waals surface area contributed by atoms with Gasteiger partial charge in [-0.1, -0.05) is 32.0 Å². The van der Waals surface area contributed by atoms with Gasteiger partial charge in [0.05, 0.1) is 0 Å². The first-order valence-electron chi connectivity index (χ1n) is 6.12. The minimum absolute atomic E-state index is 0. The molecule has 0 saturated heterocycles. The zero-order chi connectivity index (χ0) is 12.7. The summed E-state index contributed by atoms with van der Waals surface area (Å²) < 4.78 is 2.13. The van der Waals surface area contributed by atoms with Crippen LogP contribution in [-0.4, -0.2) is 0 Å². The summed E-state index contributed by atoms with van der Waals surface area (Å²) in [6.45, 7) is 4.30. The van der Waals surface area contributed by atoms with Crippen LogP contribution in [-0.2, 0) is 0 Å². The number of rotatable bonds is 1. The Morgan fingerprint density at radius 2 is 1.63 bits per heavy atom. The van der Waals surface area contributed by atoms with Crippen molar-refractivity contribution in [3.05, 3.63) is 58.3 Å². The lowest BCUT2D eigenvalue weighted by Gasteiger charge is -2.07. The Morgan fingerprint density at radius 1 is 0.947 bits per heavy atom. The van der Waals surface area contributed by atoms with Crippen LogP contribution < -0.4 is 5.43 Å². The second kappa shape index (κ2) is 5.35. The summed E-state index contributed by atoms with van der Waals surface area (Å²) in [6, 6.07) is 14.1. The fraction of sp³-hybridized carbons (Fsp3) is 0.188. The van der Waals surface area contributed by atoms with Gasteiger partial charge < -0.3 is 0 Å². The molecule has 0 aliphatic carbocycles. The van der Waals surface area contributed by atoms with Crippen molar-refractivity contribution in [2.45, 2.75) is 19.8 Å². The van der Waals surface area contributed by atoms with Crippen LogP contribution in [0.1, 0.15) is 25.3 Å². The Kier molecular flexibility index (Phi) is 3.97. The summed E-state index contributed by atoms with van der Waals surface area (Å²) in [4.78, 5) is 12.5. The summed E-state index contributed by atoms with van der Waals surface area (Å²) in [5.41, 5.74) is 1.38. The molecular formula is C16H16OS2. The highest BCUT2D eigenvalue weighted by Gasteiger charge is 2.07. The minimum atomic E-state index is 0. The summed E-state index contributed by atoms with van der Waals surface area (Å²) in [7, 11) is 0. The van der Waals surface area contributed by atoms with E-state index in [0.717, 1.165) is 20.2 Å². The quantitative estimate of drug-likeness (QED) is 0.596. The van der Waals surface area contributed by atoms with Crippen LogP contribution in [0.2, 0.25) is 0 Å². The van der Waals surface area contributed by atoms with Crippen molar-refractivity contribution in [3.63, 3.8) is 0 Å². The Morgan fingerprint density at radius 3 is 2.37 bits per heavy atom. The second-order valence-electron chi connectivity index (χ2n) is 4.84. The van der Waals surface area contributed by atoms with Gasteiger partial charge in [-0.05, 0) is 35.7 Å². The summed E-state index contributed by atoms with van der Waals surface area (Å²) in [5, 5.41) is 1.68. The maximum absolute atomic E-state index is 12.5. The third-order valence-corrected chi connectivity index (χ3v) is 4.42. The lowest BCUT2D eigenvalue weighted by molar-refractivity contribution is 0.869. The third kappa shape index (κ3) is 2.40. The molecule has 0 spiro atoms. The molecule has 3 rings (SSSR count). The molecule has 0 aliphatic rings. The van der Waals surface area contributed by atoms with E-state index in [2.05, 4.69) is 26.0 Å². The van der Waals surface area contributed by atoms with Crippen LogP contribution in [0.25, 0.3) is 20.2 Å². The standard InChI is InChI=1S/C16H14OS.H2S/c1-10(2)11-7-8-15-13(9-11)16(17)12-5-3-4-6-14(12)18-15;/h3-10H,1-2H3;1H2. The van der Waals surface area contributed by atoms with E-state index in [9.17, 15) is 4.79 Å². The van der Waals surface area contributed by atoms with Crippen LogP contribution in [0, 0.1) is 0 Å². The summed E-state index contributed by atoms with van der Waals surface area (Å²) in [6.07, 6.45) is 0. The molecule has 0 bridgehead atoms. The van der Waals surface area contributed by atoms with Gasteiger partial charge in [0.25, 0.3) is 0 Å². The van der Waals surface area contributed by atoms with E-state index < -0.39 is 0 Å². The number of benzene rings is 2. The Hall–Kier alpha value is -1.32. The zero-order valence-corrected chi connectivity index (χ0v) is 12.8. The number of hydrogen-bond donors (Lipinski definition) is 0. The molecule has 19 heavy (non-hydrogen) atoms. The van der Waals surface area contributed by atoms with E-state index in [1.165, 1.54) is 5.56 Å². The zero-order valence-electron chi connectivity index (χ0n) is 10.9. The van der Waals surface area contributed by atoms with E-state index in [1.807, 2.05) is 30.3 Å². The second-order valence-corrected chi connectivity index (χ2v) is 5.92. The molecule has 1 heterocycles. The Bertz CT molecular complexity index is 787. The topological polar surface area (TPSA) is 17.1 Å². The van der Waals surface area contributed by atoms with Gasteiger partial charge in [0.15, 0.2) is 5.43 Å². The highest BCUT2D eigenvalue weighted by atomic mass is 32.1. The summed E-state index contributed by atoms with van der Waals surface area (Å²) in [5.74, 6) is 0.449. The average Bonchev–Trinajstić information content (AvgIpc) is 2.38. The van der Waals surface area contributed by atoms with Crippen LogP contribution in [0.3, 0.4) is 0 Å². The van der Waals surface area contributed by atoms with Gasteiger partial charge >= 0.3 is 0 Å². The third-order valence-electron chi connectivity index (χ3n) is 3.27. The molecule has 2 aromatic carbocycles. The maximum atomic E-state index is 12.5. The first kappa shape index (κ1) is 14.1. The number of fused-ring (bicyclic) bond motifs is 2. The molecule has 0 atom stereocenters. The molecule has 0 aliphatic heterocycles. The van der Waals surface area contributed by atoms with Crippen molar-refractivity contribution in [1.29, 1.82) is 0 Å². The predicted molar refractivity (Wildman–Crippen MR) is 90.1 cm³/mol. The fourth-order valence-corrected chi connectivity index (χ4v) is 3.23. The normalized spacial score (nSPS) is 10.9. The van der Waals surface area contributed by atoms with E-state index in [1.54, 1.807) is 11.3 Å². The van der Waals surface area contributed by atoms with Crippen molar-refractivity contribution in [3.8, 4) is 0 Å². The first-order chi connectivity index (χ1) is 8.66. The minimum Gasteiger partial charge on any atom is -0.289 e. The smallest absolute Gasteiger partial charge is 0.195 e. The van der Waals surface area contributed by atoms with E-state index in [0.29, 0.717) is 5.92 Å². The predicted octanol–water partition coefficient (Wildman–Crippen LogP) is 4.65. The molecule has 1 aromatic heterocycles. The highest BCUT2D eigenvalue weighted by molar-refractivity contribution is 7.59. The molecule has 0 unspecified atom stereocenters. The van der Waals surface area contributed by atoms with E-state index in [4.69, 9.17) is 0 Å². The van der Waals surface area contributed by atoms with Gasteiger partial charge in [-0.25, -0.2) is 0 Å². The molecule has 98 valence electrons. The molecule has 0 radical (unpaired) electrons. The largest absolute Gasteiger partial charge is 0.289 e. The molecule has 0 amide bonds. The molecule has 3 aromatic rings. The lowest BCUT2D eigenvalue weighted by atomic mass is 10.0. The molecule has 0 saturated carbocycles. The fourth-order valence-electron chi connectivity index (χ4n) is 2.18. The van der Waals surface area contributed by atoms with Gasteiger partial charge in [-0.15, -0.1) is 11.3 Å². The van der Waals surface area contributed by atoms with Gasteiger partial charge in [0.1, 0.15) is 0 Å². The maximum Gasteiger partial charge on any atom is 0.195 e. The van der Waals surface area contributed by atoms with Crippen molar-refractivity contribution in [1.82, 2.24) is 0 Å². The lowest BCUT2D eigenvalue weighted by Crippen LogP contribution is -2.01. The molecule has 3 heteroatoms. The first-order valence-corrected chi connectivity index (χ1v) is 6.94. The highest BCUT2D eigenvalue weighted by Crippen LogP contribution is 2.26. The monoisotopic (exact) mass is 288 g/mol. The molecule has 0 N–H and O–H groups in total. The SMILES string of the molecule is CC(C)c1ccc2sc3ccccc3c(=O)c2c1.S. The molecule has 0 fully saturated rings. The van der Waals surface area contributed by atoms with E-state index >= 15 is 0 Å². The van der Waals surface area contributed by atoms with Gasteiger partial charge in [-0.2, -0.15) is 13.5 Å². The Balaban J connectivity index is 0.00000133. The van der Waals surface area contributed by atoms with Crippen LogP contribution >= 0.6 is 24.8 Å². The number of hydrogen-bond acceptors (Lipinski definition) is 2. The van der Waals surface area contributed by atoms with E-state index in [-0.39, 0.29) is 18.9 Å². The van der Waals surface area contributed by atoms with Crippen LogP contribution in [0.15, 0.2) is 47.3 Å². The molecule has 1 nitrogen and oxygen atoms in total. The average molecular weight is 288 g/mol. The molecular weight excluding hydrogens is 272 g/mol. The summed E-state index contributed by atoms with van der Waals surface area (Å²) >= 11 is 1.69.